The number of rotatable bonds is 5. The number of amides is 1. The van der Waals surface area contributed by atoms with Crippen LogP contribution in [-0.2, 0) is 23.4 Å². The number of halogens is 4. The van der Waals surface area contributed by atoms with Gasteiger partial charge in [0, 0.05) is 17.7 Å². The highest BCUT2D eigenvalue weighted by Gasteiger charge is 2.60. The van der Waals surface area contributed by atoms with Gasteiger partial charge in [0.25, 0.3) is 11.5 Å². The molecule has 2 N–H and O–H groups in total. The van der Waals surface area contributed by atoms with Crippen LogP contribution in [0, 0.1) is 17.1 Å². The van der Waals surface area contributed by atoms with E-state index in [0.717, 1.165) is 18.2 Å². The van der Waals surface area contributed by atoms with Crippen LogP contribution in [0.1, 0.15) is 29.2 Å². The van der Waals surface area contributed by atoms with Crippen molar-refractivity contribution in [3.05, 3.63) is 70.5 Å². The Labute approximate surface area is 153 Å². The zero-order valence-corrected chi connectivity index (χ0v) is 14.3. The molecule has 0 spiro atoms. The van der Waals surface area contributed by atoms with Gasteiger partial charge >= 0.3 is 6.18 Å². The molecule has 0 aliphatic rings. The lowest BCUT2D eigenvalue weighted by Gasteiger charge is -2.29. The number of hydrogen-bond donors (Lipinski definition) is 2. The van der Waals surface area contributed by atoms with Crippen LogP contribution in [-0.4, -0.2) is 17.2 Å². The molecular weight excluding hydrogens is 364 g/mol. The van der Waals surface area contributed by atoms with Crippen molar-refractivity contribution in [2.24, 2.45) is 0 Å². The summed E-state index contributed by atoms with van der Waals surface area (Å²) in [4.78, 5) is 12.2. The Morgan fingerprint density at radius 1 is 1.19 bits per heavy atom. The zero-order valence-electron chi connectivity index (χ0n) is 14.3. The lowest BCUT2D eigenvalue weighted by molar-refractivity contribution is -0.257. The predicted molar refractivity (Wildman–Crippen MR) is 88.7 cm³/mol. The molecule has 142 valence electrons. The minimum absolute atomic E-state index is 0.0863. The Morgan fingerprint density at radius 3 is 2.33 bits per heavy atom. The highest BCUT2D eigenvalue weighted by Crippen LogP contribution is 2.39. The molecule has 8 heteroatoms. The number of aliphatic hydroxyl groups is 1. The Hall–Kier alpha value is -2.92. The van der Waals surface area contributed by atoms with E-state index >= 15 is 0 Å². The number of aryl methyl sites for hydroxylation is 1. The third-order valence-corrected chi connectivity index (χ3v) is 4.14. The molecule has 0 fully saturated rings. The maximum atomic E-state index is 14.1. The molecule has 0 aromatic heterocycles. The van der Waals surface area contributed by atoms with Crippen molar-refractivity contribution < 1.29 is 27.5 Å². The monoisotopic (exact) mass is 380 g/mol. The highest BCUT2D eigenvalue weighted by atomic mass is 19.4. The maximum absolute atomic E-state index is 14.1. The van der Waals surface area contributed by atoms with E-state index in [1.165, 1.54) is 24.3 Å². The van der Waals surface area contributed by atoms with E-state index in [-0.39, 0.29) is 11.1 Å². The fraction of sp³-hybridized carbons (Fsp3) is 0.263. The van der Waals surface area contributed by atoms with E-state index in [0.29, 0.717) is 12.0 Å². The first-order chi connectivity index (χ1) is 12.6. The largest absolute Gasteiger partial charge is 0.430 e. The van der Waals surface area contributed by atoms with Gasteiger partial charge in [0.05, 0.1) is 11.6 Å². The minimum atomic E-state index is -5.28. The molecule has 0 bridgehead atoms. The highest BCUT2D eigenvalue weighted by molar-refractivity contribution is 5.87. The van der Waals surface area contributed by atoms with Gasteiger partial charge in [-0.15, -0.1) is 0 Å². The summed E-state index contributed by atoms with van der Waals surface area (Å²) in [6, 6.07) is 10.0. The Balaban J connectivity index is 2.32. The van der Waals surface area contributed by atoms with E-state index in [9.17, 15) is 27.5 Å². The quantitative estimate of drug-likeness (QED) is 0.782. The van der Waals surface area contributed by atoms with Crippen LogP contribution in [0.15, 0.2) is 42.5 Å². The van der Waals surface area contributed by atoms with Crippen molar-refractivity contribution in [1.29, 1.82) is 5.26 Å². The van der Waals surface area contributed by atoms with Crippen molar-refractivity contribution in [3.8, 4) is 6.07 Å². The standard InChI is InChI=1S/C19H16F4N2O2/c1-2-12-8-14(16(20)9-13(12)10-24)11-25-17(26)18(27,19(21,22)23)15-6-4-3-5-7-15/h3-9,27H,2,11H2,1H3,(H,25,26)/t18-/m0/s1. The van der Waals surface area contributed by atoms with E-state index in [4.69, 9.17) is 5.26 Å². The molecule has 1 amide bonds. The molecular formula is C19H16F4N2O2. The van der Waals surface area contributed by atoms with Crippen molar-refractivity contribution in [2.75, 3.05) is 0 Å². The summed E-state index contributed by atoms with van der Waals surface area (Å²) >= 11 is 0. The fourth-order valence-electron chi connectivity index (χ4n) is 2.61. The minimum Gasteiger partial charge on any atom is -0.369 e. The van der Waals surface area contributed by atoms with Gasteiger partial charge in [0.15, 0.2) is 0 Å². The van der Waals surface area contributed by atoms with Crippen LogP contribution >= 0.6 is 0 Å². The van der Waals surface area contributed by atoms with Crippen LogP contribution in [0.4, 0.5) is 17.6 Å². The van der Waals surface area contributed by atoms with Gasteiger partial charge in [0.1, 0.15) is 5.82 Å². The van der Waals surface area contributed by atoms with E-state index in [2.05, 4.69) is 0 Å². The second kappa shape index (κ2) is 7.76. The summed E-state index contributed by atoms with van der Waals surface area (Å²) in [5.74, 6) is -2.55. The van der Waals surface area contributed by atoms with E-state index < -0.39 is 35.6 Å². The summed E-state index contributed by atoms with van der Waals surface area (Å²) in [7, 11) is 0. The number of nitrogens with zero attached hydrogens (tertiary/aromatic N) is 1. The van der Waals surface area contributed by atoms with Gasteiger partial charge in [-0.1, -0.05) is 37.3 Å². The smallest absolute Gasteiger partial charge is 0.369 e. The Kier molecular flexibility index (Phi) is 5.86. The van der Waals surface area contributed by atoms with Crippen molar-refractivity contribution in [2.45, 2.75) is 31.7 Å². The molecule has 0 saturated carbocycles. The van der Waals surface area contributed by atoms with Crippen LogP contribution < -0.4 is 5.32 Å². The molecule has 0 saturated heterocycles. The average molecular weight is 380 g/mol. The summed E-state index contributed by atoms with van der Waals surface area (Å²) in [6.07, 6.45) is -4.88. The van der Waals surface area contributed by atoms with Crippen molar-refractivity contribution in [3.63, 3.8) is 0 Å². The molecule has 0 unspecified atom stereocenters. The Bertz CT molecular complexity index is 876. The first-order valence-electron chi connectivity index (χ1n) is 7.99. The number of carbonyl (C=O) groups excluding carboxylic acids is 1. The second-order valence-corrected chi connectivity index (χ2v) is 5.82. The average Bonchev–Trinajstić information content (AvgIpc) is 2.65. The Morgan fingerprint density at radius 2 is 1.81 bits per heavy atom. The van der Waals surface area contributed by atoms with Gasteiger partial charge in [0.2, 0.25) is 0 Å². The number of alkyl halides is 3. The molecule has 0 heterocycles. The molecule has 0 radical (unpaired) electrons. The third-order valence-electron chi connectivity index (χ3n) is 4.14. The molecule has 27 heavy (non-hydrogen) atoms. The van der Waals surface area contributed by atoms with E-state index in [1.807, 2.05) is 11.4 Å². The van der Waals surface area contributed by atoms with Gasteiger partial charge < -0.3 is 10.4 Å². The number of carbonyl (C=O) groups is 1. The molecule has 0 aliphatic carbocycles. The lowest BCUT2D eigenvalue weighted by atomic mass is 9.92. The molecule has 2 aromatic rings. The van der Waals surface area contributed by atoms with Crippen molar-refractivity contribution in [1.82, 2.24) is 5.32 Å². The molecule has 1 atom stereocenters. The number of hydrogen-bond acceptors (Lipinski definition) is 3. The van der Waals surface area contributed by atoms with Crippen LogP contribution in [0.2, 0.25) is 0 Å². The number of nitrogens with one attached hydrogen (secondary N) is 1. The number of benzene rings is 2. The maximum Gasteiger partial charge on any atom is 0.430 e. The number of nitriles is 1. The first-order valence-corrected chi connectivity index (χ1v) is 7.99. The summed E-state index contributed by atoms with van der Waals surface area (Å²) in [6.45, 7) is 1.16. The SMILES string of the molecule is CCc1cc(CNC(=O)[C@@](O)(c2ccccc2)C(F)(F)F)c(F)cc1C#N. The molecule has 2 aromatic carbocycles. The summed E-state index contributed by atoms with van der Waals surface area (Å²) in [5.41, 5.74) is -3.90. The van der Waals surface area contributed by atoms with Gasteiger partial charge in [-0.2, -0.15) is 18.4 Å². The zero-order chi connectivity index (χ0) is 20.2. The third kappa shape index (κ3) is 3.93. The normalized spacial score (nSPS) is 13.5. The van der Waals surface area contributed by atoms with Crippen LogP contribution in [0.3, 0.4) is 0 Å². The lowest BCUT2D eigenvalue weighted by Crippen LogP contribution is -2.54. The first kappa shape index (κ1) is 20.4. The van der Waals surface area contributed by atoms with Gasteiger partial charge in [-0.05, 0) is 24.1 Å². The van der Waals surface area contributed by atoms with E-state index in [1.54, 1.807) is 6.92 Å². The summed E-state index contributed by atoms with van der Waals surface area (Å²) < 4.78 is 54.4. The van der Waals surface area contributed by atoms with Gasteiger partial charge in [-0.25, -0.2) is 4.39 Å². The molecule has 2 rings (SSSR count). The predicted octanol–water partition coefficient (Wildman–Crippen LogP) is 3.33. The fourth-order valence-corrected chi connectivity index (χ4v) is 2.61. The van der Waals surface area contributed by atoms with Crippen LogP contribution in [0.25, 0.3) is 0 Å². The summed E-state index contributed by atoms with van der Waals surface area (Å²) in [5, 5.41) is 21.0. The molecule has 0 aliphatic heterocycles. The van der Waals surface area contributed by atoms with Crippen molar-refractivity contribution >= 4 is 5.91 Å². The van der Waals surface area contributed by atoms with Gasteiger partial charge in [-0.3, -0.25) is 4.79 Å². The molecule has 4 nitrogen and oxygen atoms in total. The second-order valence-electron chi connectivity index (χ2n) is 5.82. The topological polar surface area (TPSA) is 73.1 Å². The van der Waals surface area contributed by atoms with Crippen LogP contribution in [0.5, 0.6) is 0 Å².